The molecule has 144 valence electrons. The second-order valence-corrected chi connectivity index (χ2v) is 6.67. The molecule has 0 atom stereocenters. The fraction of sp³-hybridized carbons (Fsp3) is 0.238. The van der Waals surface area contributed by atoms with E-state index in [2.05, 4.69) is 5.32 Å². The van der Waals surface area contributed by atoms with Crippen LogP contribution in [0.3, 0.4) is 0 Å². The van der Waals surface area contributed by atoms with E-state index in [1.165, 1.54) is 6.07 Å². The lowest BCUT2D eigenvalue weighted by molar-refractivity contribution is 0.0952. The minimum atomic E-state index is -0.595. The molecule has 2 heterocycles. The number of benzene rings is 2. The molecular formula is C21H19NO6. The number of fused-ring (bicyclic) bond motifs is 2. The number of rotatable bonds is 5. The molecule has 7 nitrogen and oxygen atoms in total. The molecule has 2 aromatic carbocycles. The Morgan fingerprint density at radius 2 is 1.93 bits per heavy atom. The van der Waals surface area contributed by atoms with Gasteiger partial charge in [-0.3, -0.25) is 4.79 Å². The van der Waals surface area contributed by atoms with E-state index in [0.29, 0.717) is 28.2 Å². The quantitative estimate of drug-likeness (QED) is 0.683. The molecule has 0 saturated heterocycles. The summed E-state index contributed by atoms with van der Waals surface area (Å²) in [6.45, 7) is 4.28. The molecule has 7 heteroatoms. The summed E-state index contributed by atoms with van der Waals surface area (Å²) < 4.78 is 21.5. The lowest BCUT2D eigenvalue weighted by atomic mass is 10.1. The third-order valence-electron chi connectivity index (χ3n) is 4.22. The molecule has 28 heavy (non-hydrogen) atoms. The summed E-state index contributed by atoms with van der Waals surface area (Å²) in [4.78, 5) is 24.6. The van der Waals surface area contributed by atoms with Crippen LogP contribution in [0.4, 0.5) is 0 Å². The molecule has 0 fully saturated rings. The maximum atomic E-state index is 12.7. The van der Waals surface area contributed by atoms with Crippen molar-refractivity contribution < 1.29 is 23.4 Å². The van der Waals surface area contributed by atoms with Crippen LogP contribution in [0.25, 0.3) is 11.0 Å². The van der Waals surface area contributed by atoms with Gasteiger partial charge in [0.25, 0.3) is 5.91 Å². The van der Waals surface area contributed by atoms with Crippen molar-refractivity contribution in [2.24, 2.45) is 0 Å². The number of carbonyl (C=O) groups excluding carboxylic acids is 1. The van der Waals surface area contributed by atoms with E-state index in [0.717, 1.165) is 5.56 Å². The SMILES string of the molecule is CC(C)Oc1ccc2c(C(=O)NCc3ccc4c(c3)OCO4)cc(=O)oc2c1. The third-order valence-corrected chi connectivity index (χ3v) is 4.22. The highest BCUT2D eigenvalue weighted by atomic mass is 16.7. The number of hydrogen-bond donors (Lipinski definition) is 1. The van der Waals surface area contributed by atoms with Gasteiger partial charge < -0.3 is 23.9 Å². The first-order chi connectivity index (χ1) is 13.5. The van der Waals surface area contributed by atoms with Crippen LogP contribution in [0.5, 0.6) is 17.2 Å². The number of nitrogens with one attached hydrogen (secondary N) is 1. The van der Waals surface area contributed by atoms with Gasteiger partial charge in [-0.1, -0.05) is 6.07 Å². The smallest absolute Gasteiger partial charge is 0.337 e. The first kappa shape index (κ1) is 17.9. The fourth-order valence-electron chi connectivity index (χ4n) is 3.00. The van der Waals surface area contributed by atoms with Crippen LogP contribution in [0.2, 0.25) is 0 Å². The second kappa shape index (κ2) is 7.26. The van der Waals surface area contributed by atoms with E-state index < -0.39 is 5.63 Å². The van der Waals surface area contributed by atoms with E-state index in [9.17, 15) is 9.59 Å². The van der Waals surface area contributed by atoms with Gasteiger partial charge in [0, 0.05) is 24.1 Å². The van der Waals surface area contributed by atoms with Gasteiger partial charge in [-0.15, -0.1) is 0 Å². The Bertz CT molecular complexity index is 1100. The summed E-state index contributed by atoms with van der Waals surface area (Å²) in [6.07, 6.45) is -0.0163. The maximum Gasteiger partial charge on any atom is 0.337 e. The van der Waals surface area contributed by atoms with Crippen LogP contribution in [-0.2, 0) is 6.54 Å². The molecule has 0 radical (unpaired) electrons. The van der Waals surface area contributed by atoms with Crippen molar-refractivity contribution in [3.63, 3.8) is 0 Å². The predicted molar refractivity (Wildman–Crippen MR) is 102 cm³/mol. The van der Waals surface area contributed by atoms with Crippen LogP contribution in [-0.4, -0.2) is 18.8 Å². The molecule has 0 spiro atoms. The number of amides is 1. The third kappa shape index (κ3) is 3.64. The van der Waals surface area contributed by atoms with Crippen molar-refractivity contribution in [3.05, 3.63) is 64.0 Å². The average molecular weight is 381 g/mol. The van der Waals surface area contributed by atoms with Crippen molar-refractivity contribution in [3.8, 4) is 17.2 Å². The Kier molecular flexibility index (Phi) is 4.65. The normalized spacial score (nSPS) is 12.4. The molecule has 4 rings (SSSR count). The van der Waals surface area contributed by atoms with Crippen LogP contribution in [0.1, 0.15) is 29.8 Å². The Hall–Kier alpha value is -3.48. The van der Waals surface area contributed by atoms with Crippen molar-refractivity contribution >= 4 is 16.9 Å². The van der Waals surface area contributed by atoms with Crippen molar-refractivity contribution in [2.45, 2.75) is 26.5 Å². The molecule has 0 unspecified atom stereocenters. The second-order valence-electron chi connectivity index (χ2n) is 6.67. The van der Waals surface area contributed by atoms with Crippen LogP contribution < -0.4 is 25.2 Å². The highest BCUT2D eigenvalue weighted by Crippen LogP contribution is 2.32. The summed E-state index contributed by atoms with van der Waals surface area (Å²) in [5.41, 5.74) is 0.821. The van der Waals surface area contributed by atoms with Gasteiger partial charge >= 0.3 is 5.63 Å². The Morgan fingerprint density at radius 1 is 1.11 bits per heavy atom. The van der Waals surface area contributed by atoms with E-state index in [4.69, 9.17) is 18.6 Å². The first-order valence-corrected chi connectivity index (χ1v) is 8.91. The summed E-state index contributed by atoms with van der Waals surface area (Å²) in [6, 6.07) is 11.7. The maximum absolute atomic E-state index is 12.7. The largest absolute Gasteiger partial charge is 0.491 e. The van der Waals surface area contributed by atoms with Crippen LogP contribution in [0.15, 0.2) is 51.7 Å². The number of hydrogen-bond acceptors (Lipinski definition) is 6. The molecule has 0 aliphatic carbocycles. The van der Waals surface area contributed by atoms with Crippen LogP contribution in [0, 0.1) is 0 Å². The molecule has 1 amide bonds. The zero-order valence-corrected chi connectivity index (χ0v) is 15.5. The molecule has 3 aromatic rings. The molecule has 0 bridgehead atoms. The highest BCUT2D eigenvalue weighted by Gasteiger charge is 2.16. The van der Waals surface area contributed by atoms with Gasteiger partial charge in [-0.2, -0.15) is 0 Å². The minimum absolute atomic E-state index is 0.0163. The van der Waals surface area contributed by atoms with Gasteiger partial charge in [-0.05, 0) is 43.7 Å². The van der Waals surface area contributed by atoms with E-state index in [1.54, 1.807) is 24.3 Å². The first-order valence-electron chi connectivity index (χ1n) is 8.91. The molecule has 0 saturated carbocycles. The lowest BCUT2D eigenvalue weighted by Crippen LogP contribution is -2.24. The van der Waals surface area contributed by atoms with Crippen LogP contribution >= 0.6 is 0 Å². The van der Waals surface area contributed by atoms with Gasteiger partial charge in [0.15, 0.2) is 11.5 Å². The van der Waals surface area contributed by atoms with Gasteiger partial charge in [0.2, 0.25) is 6.79 Å². The highest BCUT2D eigenvalue weighted by molar-refractivity contribution is 6.05. The van der Waals surface area contributed by atoms with Crippen molar-refractivity contribution in [1.82, 2.24) is 5.32 Å². The molecule has 1 N–H and O–H groups in total. The van der Waals surface area contributed by atoms with E-state index in [1.807, 2.05) is 26.0 Å². The topological polar surface area (TPSA) is 87.0 Å². The zero-order chi connectivity index (χ0) is 19.7. The Balaban J connectivity index is 1.57. The lowest BCUT2D eigenvalue weighted by Gasteiger charge is -2.11. The summed E-state index contributed by atoms with van der Waals surface area (Å²) >= 11 is 0. The monoisotopic (exact) mass is 381 g/mol. The minimum Gasteiger partial charge on any atom is -0.491 e. The van der Waals surface area contributed by atoms with Gasteiger partial charge in [0.05, 0.1) is 11.7 Å². The molecule has 1 aliphatic rings. The number of carbonyl (C=O) groups is 1. The van der Waals surface area contributed by atoms with Crippen molar-refractivity contribution in [1.29, 1.82) is 0 Å². The molecule has 1 aromatic heterocycles. The average Bonchev–Trinajstić information content (AvgIpc) is 3.12. The molecular weight excluding hydrogens is 362 g/mol. The Labute approximate surface area is 160 Å². The zero-order valence-electron chi connectivity index (χ0n) is 15.5. The van der Waals surface area contributed by atoms with Crippen molar-refractivity contribution in [2.75, 3.05) is 6.79 Å². The number of ether oxygens (including phenoxy) is 3. The Morgan fingerprint density at radius 3 is 2.75 bits per heavy atom. The van der Waals surface area contributed by atoms with E-state index >= 15 is 0 Å². The summed E-state index contributed by atoms with van der Waals surface area (Å²) in [5, 5.41) is 3.37. The van der Waals surface area contributed by atoms with Gasteiger partial charge in [0.1, 0.15) is 11.3 Å². The standard InChI is InChI=1S/C21H19NO6/c1-12(2)27-14-4-5-15-16(9-20(23)28-18(15)8-14)21(24)22-10-13-3-6-17-19(7-13)26-11-25-17/h3-9,12H,10-11H2,1-2H3,(H,22,24). The predicted octanol–water partition coefficient (Wildman–Crippen LogP) is 3.24. The van der Waals surface area contributed by atoms with Gasteiger partial charge in [-0.25, -0.2) is 4.79 Å². The molecule has 1 aliphatic heterocycles. The summed E-state index contributed by atoms with van der Waals surface area (Å²) in [7, 11) is 0. The fourth-order valence-corrected chi connectivity index (χ4v) is 3.00. The van der Waals surface area contributed by atoms with E-state index in [-0.39, 0.29) is 30.9 Å². The summed E-state index contributed by atoms with van der Waals surface area (Å²) in [5.74, 6) is 1.54.